The number of likely N-dealkylation sites (tertiary alicyclic amines) is 1. The fourth-order valence-electron chi connectivity index (χ4n) is 4.44. The lowest BCUT2D eigenvalue weighted by Crippen LogP contribution is -2.40. The Bertz CT molecular complexity index is 1140. The molecule has 5 rings (SSSR count). The minimum Gasteiger partial charge on any atom is -0.496 e. The number of methoxy groups -OCH3 is 1. The highest BCUT2D eigenvalue weighted by Gasteiger charge is 2.22. The zero-order valence-corrected chi connectivity index (χ0v) is 17.8. The molecule has 31 heavy (non-hydrogen) atoms. The van der Waals surface area contributed by atoms with Crippen molar-refractivity contribution in [1.82, 2.24) is 14.5 Å². The van der Waals surface area contributed by atoms with E-state index in [-0.39, 0.29) is 6.10 Å². The Hall–Kier alpha value is -3.31. The second-order valence-electron chi connectivity index (χ2n) is 8.05. The molecule has 3 aromatic carbocycles. The Kier molecular flexibility index (Phi) is 5.59. The number of rotatable bonds is 6. The molecule has 1 saturated heterocycles. The van der Waals surface area contributed by atoms with Crippen LogP contribution < -0.4 is 9.47 Å². The summed E-state index contributed by atoms with van der Waals surface area (Å²) in [6, 6.07) is 21.0. The van der Waals surface area contributed by atoms with Crippen molar-refractivity contribution in [3.8, 4) is 17.2 Å². The number of benzene rings is 3. The molecule has 1 aliphatic heterocycles. The van der Waals surface area contributed by atoms with E-state index in [1.165, 1.54) is 16.3 Å². The van der Waals surface area contributed by atoms with Crippen LogP contribution in [0.25, 0.3) is 16.5 Å². The lowest BCUT2D eigenvalue weighted by molar-refractivity contribution is 0.0845. The van der Waals surface area contributed by atoms with Crippen molar-refractivity contribution in [2.24, 2.45) is 0 Å². The van der Waals surface area contributed by atoms with Crippen LogP contribution in [0.2, 0.25) is 0 Å². The summed E-state index contributed by atoms with van der Waals surface area (Å²) in [5.41, 5.74) is 2.42. The molecular weight excluding hydrogens is 386 g/mol. The number of imidazole rings is 1. The molecule has 0 radical (unpaired) electrons. The SMILES string of the molecule is COc1ccc(CN2CCCC(Oc3ccc(-n4ccnc4)cc3)C2)c2ccccc12. The molecule has 0 N–H and O–H groups in total. The van der Waals surface area contributed by atoms with Gasteiger partial charge in [0.1, 0.15) is 17.6 Å². The average molecular weight is 414 g/mol. The standard InChI is InChI=1S/C26H27N3O2/c1-30-26-13-8-20(24-6-2-3-7-25(24)26)17-28-15-4-5-23(18-28)31-22-11-9-21(10-12-22)29-16-14-27-19-29/h2-3,6-14,16,19,23H,4-5,15,17-18H2,1H3. The summed E-state index contributed by atoms with van der Waals surface area (Å²) in [7, 11) is 1.73. The number of ether oxygens (including phenoxy) is 2. The van der Waals surface area contributed by atoms with Crippen molar-refractivity contribution in [1.29, 1.82) is 0 Å². The maximum Gasteiger partial charge on any atom is 0.126 e. The average Bonchev–Trinajstić information content (AvgIpc) is 3.35. The van der Waals surface area contributed by atoms with Crippen LogP contribution in [0.3, 0.4) is 0 Å². The summed E-state index contributed by atoms with van der Waals surface area (Å²) >= 11 is 0. The van der Waals surface area contributed by atoms with Gasteiger partial charge >= 0.3 is 0 Å². The Morgan fingerprint density at radius 3 is 2.61 bits per heavy atom. The normalized spacial score (nSPS) is 17.0. The lowest BCUT2D eigenvalue weighted by Gasteiger charge is -2.33. The molecule has 4 aromatic rings. The molecule has 1 aromatic heterocycles. The van der Waals surface area contributed by atoms with Gasteiger partial charge in [-0.3, -0.25) is 4.90 Å². The zero-order valence-electron chi connectivity index (χ0n) is 17.8. The topological polar surface area (TPSA) is 39.5 Å². The molecule has 5 nitrogen and oxygen atoms in total. The van der Waals surface area contributed by atoms with Crippen LogP contribution in [0.1, 0.15) is 18.4 Å². The van der Waals surface area contributed by atoms with Gasteiger partial charge in [0.2, 0.25) is 0 Å². The summed E-state index contributed by atoms with van der Waals surface area (Å²) in [6.45, 7) is 2.95. The third-order valence-electron chi connectivity index (χ3n) is 5.99. The maximum atomic E-state index is 6.33. The van der Waals surface area contributed by atoms with Gasteiger partial charge in [0.25, 0.3) is 0 Å². The first-order valence-electron chi connectivity index (χ1n) is 10.8. The number of fused-ring (bicyclic) bond motifs is 1. The van der Waals surface area contributed by atoms with E-state index in [4.69, 9.17) is 9.47 Å². The Morgan fingerprint density at radius 2 is 1.84 bits per heavy atom. The largest absolute Gasteiger partial charge is 0.496 e. The molecular formula is C26H27N3O2. The fourth-order valence-corrected chi connectivity index (χ4v) is 4.44. The van der Waals surface area contributed by atoms with Crippen LogP contribution in [0.15, 0.2) is 79.4 Å². The highest BCUT2D eigenvalue weighted by molar-refractivity contribution is 5.91. The third kappa shape index (κ3) is 4.28. The summed E-state index contributed by atoms with van der Waals surface area (Å²) in [5.74, 6) is 1.85. The Labute approximate surface area is 182 Å². The maximum absolute atomic E-state index is 6.33. The molecule has 1 aliphatic rings. The number of hydrogen-bond acceptors (Lipinski definition) is 4. The molecule has 0 aliphatic carbocycles. The van der Waals surface area contributed by atoms with E-state index >= 15 is 0 Å². The van der Waals surface area contributed by atoms with Gasteiger partial charge in [0, 0.05) is 36.6 Å². The molecule has 0 spiro atoms. The van der Waals surface area contributed by atoms with Gasteiger partial charge in [0.15, 0.2) is 0 Å². The number of hydrogen-bond donors (Lipinski definition) is 0. The fraction of sp³-hybridized carbons (Fsp3) is 0.269. The van der Waals surface area contributed by atoms with E-state index in [1.54, 1.807) is 19.6 Å². The Balaban J connectivity index is 1.26. The van der Waals surface area contributed by atoms with Crippen molar-refractivity contribution >= 4 is 10.8 Å². The second kappa shape index (κ2) is 8.82. The predicted octanol–water partition coefficient (Wildman–Crippen LogP) is 5.08. The monoisotopic (exact) mass is 413 g/mol. The Morgan fingerprint density at radius 1 is 1.00 bits per heavy atom. The molecule has 158 valence electrons. The number of aromatic nitrogens is 2. The van der Waals surface area contributed by atoms with Gasteiger partial charge in [-0.1, -0.05) is 30.3 Å². The lowest BCUT2D eigenvalue weighted by atomic mass is 10.0. The minimum absolute atomic E-state index is 0.206. The summed E-state index contributed by atoms with van der Waals surface area (Å²) in [6.07, 6.45) is 7.97. The first-order chi connectivity index (χ1) is 15.3. The van der Waals surface area contributed by atoms with E-state index in [1.807, 2.05) is 22.9 Å². The highest BCUT2D eigenvalue weighted by atomic mass is 16.5. The van der Waals surface area contributed by atoms with Gasteiger partial charge < -0.3 is 14.0 Å². The molecule has 0 amide bonds. The van der Waals surface area contributed by atoms with Crippen molar-refractivity contribution in [2.45, 2.75) is 25.5 Å². The zero-order chi connectivity index (χ0) is 21.0. The summed E-state index contributed by atoms with van der Waals surface area (Å²) in [5, 5.41) is 2.44. The number of nitrogens with zero attached hydrogens (tertiary/aromatic N) is 3. The summed E-state index contributed by atoms with van der Waals surface area (Å²) < 4.78 is 13.9. The molecule has 2 heterocycles. The summed E-state index contributed by atoms with van der Waals surface area (Å²) in [4.78, 5) is 6.61. The van der Waals surface area contributed by atoms with Gasteiger partial charge in [-0.2, -0.15) is 0 Å². The predicted molar refractivity (Wildman–Crippen MR) is 123 cm³/mol. The van der Waals surface area contributed by atoms with Crippen molar-refractivity contribution in [3.63, 3.8) is 0 Å². The van der Waals surface area contributed by atoms with Crippen LogP contribution >= 0.6 is 0 Å². The van der Waals surface area contributed by atoms with Crippen LogP contribution in [0, 0.1) is 0 Å². The first-order valence-corrected chi connectivity index (χ1v) is 10.8. The minimum atomic E-state index is 0.206. The molecule has 1 atom stereocenters. The van der Waals surface area contributed by atoms with Gasteiger partial charge in [-0.05, 0) is 60.7 Å². The number of piperidine rings is 1. The third-order valence-corrected chi connectivity index (χ3v) is 5.99. The van der Waals surface area contributed by atoms with Crippen molar-refractivity contribution < 1.29 is 9.47 Å². The highest BCUT2D eigenvalue weighted by Crippen LogP contribution is 2.30. The second-order valence-corrected chi connectivity index (χ2v) is 8.05. The van der Waals surface area contributed by atoms with E-state index in [0.717, 1.165) is 49.7 Å². The molecule has 0 bridgehead atoms. The van der Waals surface area contributed by atoms with Gasteiger partial charge in [-0.25, -0.2) is 4.98 Å². The van der Waals surface area contributed by atoms with Crippen LogP contribution in [0.5, 0.6) is 11.5 Å². The van der Waals surface area contributed by atoms with Crippen LogP contribution in [-0.4, -0.2) is 40.8 Å². The first kappa shape index (κ1) is 19.6. The van der Waals surface area contributed by atoms with E-state index in [2.05, 4.69) is 58.4 Å². The van der Waals surface area contributed by atoms with Crippen LogP contribution in [-0.2, 0) is 6.54 Å². The molecule has 1 unspecified atom stereocenters. The van der Waals surface area contributed by atoms with Gasteiger partial charge in [-0.15, -0.1) is 0 Å². The van der Waals surface area contributed by atoms with E-state index in [0.29, 0.717) is 0 Å². The van der Waals surface area contributed by atoms with Crippen LogP contribution in [0.4, 0.5) is 0 Å². The van der Waals surface area contributed by atoms with E-state index in [9.17, 15) is 0 Å². The molecule has 0 saturated carbocycles. The quantitative estimate of drug-likeness (QED) is 0.442. The van der Waals surface area contributed by atoms with Crippen molar-refractivity contribution in [2.75, 3.05) is 20.2 Å². The van der Waals surface area contributed by atoms with Gasteiger partial charge in [0.05, 0.1) is 13.4 Å². The van der Waals surface area contributed by atoms with E-state index < -0.39 is 0 Å². The molecule has 5 heteroatoms. The molecule has 1 fully saturated rings. The smallest absolute Gasteiger partial charge is 0.126 e. The van der Waals surface area contributed by atoms with Crippen molar-refractivity contribution in [3.05, 3.63) is 84.9 Å².